The average Bonchev–Trinajstić information content (AvgIpc) is 2.94. The summed E-state index contributed by atoms with van der Waals surface area (Å²) in [6.07, 6.45) is 3.20. The number of halogens is 1. The summed E-state index contributed by atoms with van der Waals surface area (Å²) in [6.45, 7) is 0. The van der Waals surface area contributed by atoms with Gasteiger partial charge in [0.15, 0.2) is 0 Å². The molecule has 0 spiro atoms. The van der Waals surface area contributed by atoms with Gasteiger partial charge in [-0.2, -0.15) is 0 Å². The van der Waals surface area contributed by atoms with Crippen molar-refractivity contribution in [2.24, 2.45) is 0 Å². The van der Waals surface area contributed by atoms with Crippen LogP contribution in [0.25, 0.3) is 10.8 Å². The van der Waals surface area contributed by atoms with E-state index in [9.17, 15) is 4.79 Å². The first-order valence-electron chi connectivity index (χ1n) is 7.18. The molecule has 0 aromatic heterocycles. The molecule has 1 aliphatic rings. The van der Waals surface area contributed by atoms with Gasteiger partial charge in [0, 0.05) is 23.2 Å². The summed E-state index contributed by atoms with van der Waals surface area (Å²) in [5.74, 6) is 0.00146. The Bertz CT molecular complexity index is 671. The molecule has 3 nitrogen and oxygen atoms in total. The van der Waals surface area contributed by atoms with Crippen LogP contribution in [0.1, 0.15) is 29.6 Å². The van der Waals surface area contributed by atoms with Crippen molar-refractivity contribution in [1.29, 1.82) is 0 Å². The maximum Gasteiger partial charge on any atom is 0.251 e. The highest BCUT2D eigenvalue weighted by molar-refractivity contribution is 9.10. The summed E-state index contributed by atoms with van der Waals surface area (Å²) in [4.78, 5) is 12.3. The number of benzene rings is 2. The number of nitrogens with one attached hydrogen (secondary N) is 1. The van der Waals surface area contributed by atoms with E-state index in [1.165, 1.54) is 0 Å². The molecule has 3 rings (SSSR count). The number of rotatable bonds is 3. The van der Waals surface area contributed by atoms with E-state index in [-0.39, 0.29) is 18.1 Å². The highest BCUT2D eigenvalue weighted by Gasteiger charge is 2.25. The summed E-state index contributed by atoms with van der Waals surface area (Å²) in [7, 11) is 1.73. The first-order valence-corrected chi connectivity index (χ1v) is 7.98. The molecule has 2 unspecified atom stereocenters. The van der Waals surface area contributed by atoms with Gasteiger partial charge in [0.2, 0.25) is 0 Å². The van der Waals surface area contributed by atoms with E-state index in [1.54, 1.807) is 7.11 Å². The third-order valence-electron chi connectivity index (χ3n) is 4.12. The van der Waals surface area contributed by atoms with Crippen LogP contribution in [0.2, 0.25) is 0 Å². The molecule has 2 aromatic rings. The van der Waals surface area contributed by atoms with E-state index in [0.717, 1.165) is 34.5 Å². The first kappa shape index (κ1) is 14.5. The minimum atomic E-state index is 0.00146. The molecule has 0 aliphatic heterocycles. The van der Waals surface area contributed by atoms with E-state index in [4.69, 9.17) is 4.74 Å². The van der Waals surface area contributed by atoms with Crippen LogP contribution in [0.5, 0.6) is 0 Å². The van der Waals surface area contributed by atoms with Crippen molar-refractivity contribution >= 4 is 32.6 Å². The van der Waals surface area contributed by atoms with Crippen molar-refractivity contribution < 1.29 is 9.53 Å². The number of methoxy groups -OCH3 is 1. The number of carbonyl (C=O) groups excluding carboxylic acids is 1. The fourth-order valence-corrected chi connectivity index (χ4v) is 3.29. The summed E-state index contributed by atoms with van der Waals surface area (Å²) < 4.78 is 6.39. The fourth-order valence-electron chi connectivity index (χ4n) is 2.91. The Labute approximate surface area is 132 Å². The maximum absolute atomic E-state index is 12.3. The van der Waals surface area contributed by atoms with E-state index < -0.39 is 0 Å². The molecule has 0 heterocycles. The molecular formula is C17H18BrNO2. The Balaban J connectivity index is 1.74. The Hall–Kier alpha value is -1.39. The van der Waals surface area contributed by atoms with E-state index in [2.05, 4.69) is 27.3 Å². The van der Waals surface area contributed by atoms with E-state index in [1.807, 2.05) is 30.3 Å². The minimum Gasteiger partial charge on any atom is -0.381 e. The molecule has 21 heavy (non-hydrogen) atoms. The topological polar surface area (TPSA) is 38.3 Å². The maximum atomic E-state index is 12.3. The molecule has 1 amide bonds. The predicted molar refractivity (Wildman–Crippen MR) is 87.6 cm³/mol. The van der Waals surface area contributed by atoms with Gasteiger partial charge in [-0.15, -0.1) is 0 Å². The Morgan fingerprint density at radius 3 is 2.71 bits per heavy atom. The first-order chi connectivity index (χ1) is 10.2. The van der Waals surface area contributed by atoms with Crippen molar-refractivity contribution in [2.75, 3.05) is 7.11 Å². The normalized spacial score (nSPS) is 21.6. The highest BCUT2D eigenvalue weighted by Crippen LogP contribution is 2.23. The molecule has 1 saturated carbocycles. The molecule has 1 aliphatic carbocycles. The van der Waals surface area contributed by atoms with E-state index in [0.29, 0.717) is 5.56 Å². The van der Waals surface area contributed by atoms with E-state index >= 15 is 0 Å². The van der Waals surface area contributed by atoms with Gasteiger partial charge in [-0.1, -0.05) is 28.1 Å². The van der Waals surface area contributed by atoms with Crippen molar-refractivity contribution in [3.63, 3.8) is 0 Å². The van der Waals surface area contributed by atoms with Crippen LogP contribution in [-0.2, 0) is 4.74 Å². The third-order valence-corrected chi connectivity index (χ3v) is 4.61. The SMILES string of the molecule is COC1CCC(NC(=O)c2ccc3cc(Br)ccc3c2)C1. The largest absolute Gasteiger partial charge is 0.381 e. The second kappa shape index (κ2) is 6.16. The summed E-state index contributed by atoms with van der Waals surface area (Å²) in [5.41, 5.74) is 0.714. The third kappa shape index (κ3) is 3.27. The van der Waals surface area contributed by atoms with Crippen LogP contribution in [0.3, 0.4) is 0 Å². The minimum absolute atomic E-state index is 0.00146. The summed E-state index contributed by atoms with van der Waals surface area (Å²) in [6, 6.07) is 12.1. The van der Waals surface area contributed by atoms with Crippen molar-refractivity contribution in [3.05, 3.63) is 46.4 Å². The Morgan fingerprint density at radius 1 is 1.19 bits per heavy atom. The zero-order chi connectivity index (χ0) is 14.8. The molecule has 2 aromatic carbocycles. The highest BCUT2D eigenvalue weighted by atomic mass is 79.9. The molecule has 2 atom stereocenters. The molecule has 4 heteroatoms. The lowest BCUT2D eigenvalue weighted by Crippen LogP contribution is -2.33. The van der Waals surface area contributed by atoms with Gasteiger partial charge in [0.25, 0.3) is 5.91 Å². The monoisotopic (exact) mass is 347 g/mol. The molecular weight excluding hydrogens is 330 g/mol. The number of ether oxygens (including phenoxy) is 1. The molecule has 0 radical (unpaired) electrons. The standard InChI is InChI=1S/C17H18BrNO2/c1-21-16-7-6-15(10-16)19-17(20)13-3-2-12-9-14(18)5-4-11(12)8-13/h2-5,8-9,15-16H,6-7,10H2,1H3,(H,19,20). The van der Waals surface area contributed by atoms with Crippen LogP contribution in [0.4, 0.5) is 0 Å². The number of fused-ring (bicyclic) bond motifs is 1. The quantitative estimate of drug-likeness (QED) is 0.914. The lowest BCUT2D eigenvalue weighted by Gasteiger charge is -2.13. The van der Waals surface area contributed by atoms with Gasteiger partial charge < -0.3 is 10.1 Å². The summed E-state index contributed by atoms with van der Waals surface area (Å²) in [5, 5.41) is 5.31. The second-order valence-electron chi connectivity index (χ2n) is 5.55. The van der Waals surface area contributed by atoms with Crippen LogP contribution in [-0.4, -0.2) is 25.2 Å². The van der Waals surface area contributed by atoms with Crippen molar-refractivity contribution in [2.45, 2.75) is 31.4 Å². The molecule has 1 N–H and O–H groups in total. The number of carbonyl (C=O) groups is 1. The average molecular weight is 348 g/mol. The zero-order valence-electron chi connectivity index (χ0n) is 11.9. The van der Waals surface area contributed by atoms with Gasteiger partial charge in [-0.3, -0.25) is 4.79 Å². The predicted octanol–water partition coefficient (Wildman–Crippen LogP) is 3.90. The van der Waals surface area contributed by atoms with Gasteiger partial charge in [-0.25, -0.2) is 0 Å². The number of hydrogen-bond donors (Lipinski definition) is 1. The van der Waals surface area contributed by atoms with Crippen LogP contribution in [0, 0.1) is 0 Å². The second-order valence-corrected chi connectivity index (χ2v) is 6.46. The van der Waals surface area contributed by atoms with Crippen LogP contribution < -0.4 is 5.32 Å². The van der Waals surface area contributed by atoms with Crippen molar-refractivity contribution in [3.8, 4) is 0 Å². The van der Waals surface area contributed by atoms with Crippen LogP contribution >= 0.6 is 15.9 Å². The number of amides is 1. The van der Waals surface area contributed by atoms with Crippen LogP contribution in [0.15, 0.2) is 40.9 Å². The van der Waals surface area contributed by atoms with Gasteiger partial charge >= 0.3 is 0 Å². The van der Waals surface area contributed by atoms with Gasteiger partial charge in [0.1, 0.15) is 0 Å². The molecule has 0 saturated heterocycles. The smallest absolute Gasteiger partial charge is 0.251 e. The Morgan fingerprint density at radius 2 is 1.95 bits per heavy atom. The van der Waals surface area contributed by atoms with Gasteiger partial charge in [0.05, 0.1) is 6.10 Å². The zero-order valence-corrected chi connectivity index (χ0v) is 13.5. The Kier molecular flexibility index (Phi) is 4.27. The molecule has 0 bridgehead atoms. The summed E-state index contributed by atoms with van der Waals surface area (Å²) >= 11 is 3.46. The van der Waals surface area contributed by atoms with Crippen molar-refractivity contribution in [1.82, 2.24) is 5.32 Å². The fraction of sp³-hybridized carbons (Fsp3) is 0.353. The lowest BCUT2D eigenvalue weighted by molar-refractivity contribution is 0.0915. The lowest BCUT2D eigenvalue weighted by atomic mass is 10.1. The van der Waals surface area contributed by atoms with Gasteiger partial charge in [-0.05, 0) is 54.3 Å². The molecule has 110 valence electrons. The number of hydrogen-bond acceptors (Lipinski definition) is 2. The molecule has 1 fully saturated rings.